The van der Waals surface area contributed by atoms with Gasteiger partial charge in [-0.1, -0.05) is 64.7 Å². The van der Waals surface area contributed by atoms with Crippen LogP contribution in [0.5, 0.6) is 0 Å². The van der Waals surface area contributed by atoms with Crippen molar-refractivity contribution in [2.24, 2.45) is 0 Å². The molecule has 0 spiro atoms. The summed E-state index contributed by atoms with van der Waals surface area (Å²) in [6.45, 7) is 4.77. The first-order chi connectivity index (χ1) is 8.68. The van der Waals surface area contributed by atoms with Crippen LogP contribution in [0.15, 0.2) is 0 Å². The summed E-state index contributed by atoms with van der Waals surface area (Å²) >= 11 is 0. The number of nitrogens with one attached hydrogen (secondary N) is 1. The van der Waals surface area contributed by atoms with Crippen molar-refractivity contribution in [3.05, 3.63) is 0 Å². The van der Waals surface area contributed by atoms with Crippen LogP contribution in [-0.4, -0.2) is 23.7 Å². The number of carboxylic acid groups (broad SMARTS) is 1. The maximum absolute atomic E-state index is 10.5. The molecule has 1 atom stereocenters. The Morgan fingerprint density at radius 2 is 1.42 bits per heavy atom. The van der Waals surface area contributed by atoms with Gasteiger partial charge in [-0.25, -0.2) is 0 Å². The third kappa shape index (κ3) is 16.4. The van der Waals surface area contributed by atoms with Crippen molar-refractivity contribution in [3.63, 3.8) is 0 Å². The average Bonchev–Trinajstić information content (AvgIpc) is 2.35. The fourth-order valence-corrected chi connectivity index (χ4v) is 2.02. The molecule has 19 heavy (non-hydrogen) atoms. The molecule has 0 saturated carbocycles. The monoisotopic (exact) mass is 281 g/mol. The molecule has 0 aliphatic rings. The van der Waals surface area contributed by atoms with Crippen LogP contribution in [0.25, 0.3) is 0 Å². The molecular weight excluding hydrogens is 249 g/mol. The third-order valence-corrected chi connectivity index (χ3v) is 3.35. The summed E-state index contributed by atoms with van der Waals surface area (Å²) in [4.78, 5) is 10.5. The first-order valence-corrected chi connectivity index (χ1v) is 7.64. The molecule has 0 fully saturated rings. The molecule has 0 aliphatic carbocycles. The minimum atomic E-state index is -0.762. The number of aliphatic carboxylic acids is 1. The van der Waals surface area contributed by atoms with Gasteiger partial charge in [-0.05, 0) is 19.9 Å². The van der Waals surface area contributed by atoms with Crippen molar-refractivity contribution >= 4 is 5.97 Å². The summed E-state index contributed by atoms with van der Waals surface area (Å²) < 4.78 is 0. The van der Waals surface area contributed by atoms with E-state index in [1.807, 2.05) is 0 Å². The summed E-state index contributed by atoms with van der Waals surface area (Å²) in [6, 6.07) is -0.413. The Balaban J connectivity index is -0.00000144. The number of carbonyl (C=O) groups is 1. The molecule has 0 aliphatic heterocycles. The van der Waals surface area contributed by atoms with Gasteiger partial charge in [0.2, 0.25) is 0 Å². The number of hydrogen-bond donors (Lipinski definition) is 2. The number of rotatable bonds is 13. The van der Waals surface area contributed by atoms with E-state index >= 15 is 0 Å². The largest absolute Gasteiger partial charge is 1.00 e. The zero-order valence-corrected chi connectivity index (χ0v) is 15.2. The van der Waals surface area contributed by atoms with Crippen LogP contribution in [0.1, 0.15) is 79.5 Å². The molecule has 0 rings (SSSR count). The van der Waals surface area contributed by atoms with E-state index < -0.39 is 12.0 Å². The SMILES string of the molecule is CCCCCCCCCCCCNC(C)C(=O)O.[H-].[Na+]. The van der Waals surface area contributed by atoms with Gasteiger partial charge in [-0.3, -0.25) is 4.79 Å². The van der Waals surface area contributed by atoms with E-state index in [0.29, 0.717) is 0 Å². The second-order valence-electron chi connectivity index (χ2n) is 5.20. The van der Waals surface area contributed by atoms with Crippen LogP contribution < -0.4 is 34.9 Å². The van der Waals surface area contributed by atoms with Crippen LogP contribution in [0.2, 0.25) is 0 Å². The third-order valence-electron chi connectivity index (χ3n) is 3.35. The van der Waals surface area contributed by atoms with E-state index in [0.717, 1.165) is 13.0 Å². The Hall–Kier alpha value is 0.430. The Kier molecular flexibility index (Phi) is 18.8. The standard InChI is InChI=1S/C15H31NO2.Na.H/c1-3-4-5-6-7-8-9-10-11-12-13-16-14(2)15(17)18;;/h14,16H,3-13H2,1-2H3,(H,17,18);;/q;+1;-1. The topological polar surface area (TPSA) is 49.3 Å². The Labute approximate surface area is 142 Å². The summed E-state index contributed by atoms with van der Waals surface area (Å²) in [5, 5.41) is 11.7. The second kappa shape index (κ2) is 16.5. The van der Waals surface area contributed by atoms with Gasteiger partial charge in [0.15, 0.2) is 0 Å². The average molecular weight is 281 g/mol. The zero-order chi connectivity index (χ0) is 13.6. The molecule has 0 aromatic heterocycles. The molecule has 0 radical (unpaired) electrons. The summed E-state index contributed by atoms with van der Waals surface area (Å²) in [5.74, 6) is -0.762. The quantitative estimate of drug-likeness (QED) is 0.392. The zero-order valence-electron chi connectivity index (χ0n) is 14.2. The van der Waals surface area contributed by atoms with E-state index in [9.17, 15) is 4.79 Å². The van der Waals surface area contributed by atoms with Crippen LogP contribution in [0, 0.1) is 0 Å². The maximum atomic E-state index is 10.5. The molecule has 0 heterocycles. The number of unbranched alkanes of at least 4 members (excludes halogenated alkanes) is 9. The Morgan fingerprint density at radius 1 is 1.00 bits per heavy atom. The normalized spacial score (nSPS) is 11.9. The van der Waals surface area contributed by atoms with E-state index in [1.165, 1.54) is 57.8 Å². The summed E-state index contributed by atoms with van der Waals surface area (Å²) in [7, 11) is 0. The van der Waals surface area contributed by atoms with Gasteiger partial charge in [0.05, 0.1) is 0 Å². The van der Waals surface area contributed by atoms with Crippen molar-refractivity contribution in [1.29, 1.82) is 0 Å². The fraction of sp³-hybridized carbons (Fsp3) is 0.933. The summed E-state index contributed by atoms with van der Waals surface area (Å²) in [5.41, 5.74) is 0. The van der Waals surface area contributed by atoms with E-state index in [-0.39, 0.29) is 31.0 Å². The maximum Gasteiger partial charge on any atom is 1.00 e. The predicted octanol–water partition coefficient (Wildman–Crippen LogP) is 1.09. The van der Waals surface area contributed by atoms with E-state index in [2.05, 4.69) is 12.2 Å². The van der Waals surface area contributed by atoms with Crippen molar-refractivity contribution in [1.82, 2.24) is 5.32 Å². The second-order valence-corrected chi connectivity index (χ2v) is 5.20. The van der Waals surface area contributed by atoms with Crippen molar-refractivity contribution in [3.8, 4) is 0 Å². The van der Waals surface area contributed by atoms with Crippen molar-refractivity contribution in [2.75, 3.05) is 6.54 Å². The Bertz CT molecular complexity index is 206. The molecule has 110 valence electrons. The van der Waals surface area contributed by atoms with Gasteiger partial charge < -0.3 is 11.8 Å². The predicted molar refractivity (Wildman–Crippen MR) is 78.1 cm³/mol. The first kappa shape index (κ1) is 21.7. The molecular formula is C15H32NNaO2. The van der Waals surface area contributed by atoms with E-state index in [1.54, 1.807) is 6.92 Å². The van der Waals surface area contributed by atoms with Gasteiger partial charge in [0.1, 0.15) is 6.04 Å². The molecule has 2 N–H and O–H groups in total. The molecule has 0 aromatic rings. The molecule has 0 saturated heterocycles. The fourth-order valence-electron chi connectivity index (χ4n) is 2.02. The molecule has 0 amide bonds. The molecule has 1 unspecified atom stereocenters. The van der Waals surface area contributed by atoms with E-state index in [4.69, 9.17) is 5.11 Å². The van der Waals surface area contributed by atoms with Crippen LogP contribution in [0.4, 0.5) is 0 Å². The molecule has 0 aromatic carbocycles. The molecule has 3 nitrogen and oxygen atoms in total. The number of hydrogen-bond acceptors (Lipinski definition) is 2. The van der Waals surface area contributed by atoms with Crippen LogP contribution in [0.3, 0.4) is 0 Å². The van der Waals surface area contributed by atoms with Gasteiger partial charge >= 0.3 is 35.5 Å². The molecule has 4 heteroatoms. The first-order valence-electron chi connectivity index (χ1n) is 7.64. The minimum Gasteiger partial charge on any atom is -1.00 e. The smallest absolute Gasteiger partial charge is 1.00 e. The van der Waals surface area contributed by atoms with Gasteiger partial charge in [-0.2, -0.15) is 0 Å². The molecule has 0 bridgehead atoms. The van der Waals surface area contributed by atoms with Gasteiger partial charge in [0, 0.05) is 0 Å². The van der Waals surface area contributed by atoms with Gasteiger partial charge in [0.25, 0.3) is 0 Å². The van der Waals surface area contributed by atoms with Gasteiger partial charge in [-0.15, -0.1) is 0 Å². The van der Waals surface area contributed by atoms with Crippen LogP contribution in [-0.2, 0) is 4.79 Å². The Morgan fingerprint density at radius 3 is 1.84 bits per heavy atom. The van der Waals surface area contributed by atoms with Crippen LogP contribution >= 0.6 is 0 Å². The summed E-state index contributed by atoms with van der Waals surface area (Å²) in [6.07, 6.45) is 13.2. The number of carboxylic acids is 1. The van der Waals surface area contributed by atoms with Crippen molar-refractivity contribution < 1.29 is 40.9 Å². The van der Waals surface area contributed by atoms with Crippen molar-refractivity contribution in [2.45, 2.75) is 84.1 Å². The minimum absolute atomic E-state index is 0.